The van der Waals surface area contributed by atoms with E-state index in [2.05, 4.69) is 28.9 Å². The van der Waals surface area contributed by atoms with E-state index in [0.717, 1.165) is 26.4 Å². The number of aryl methyl sites for hydroxylation is 1. The van der Waals surface area contributed by atoms with Crippen molar-refractivity contribution >= 4 is 38.9 Å². The SMILES string of the molecule is COc1cccc(OC)c1C(Cl)c1sc(C)cc1Br. The smallest absolute Gasteiger partial charge is 0.127 e. The molecule has 0 fully saturated rings. The molecule has 0 saturated carbocycles. The Kier molecular flexibility index (Phi) is 4.76. The van der Waals surface area contributed by atoms with Crippen LogP contribution in [0.2, 0.25) is 0 Å². The van der Waals surface area contributed by atoms with Crippen LogP contribution in [0.25, 0.3) is 0 Å². The summed E-state index contributed by atoms with van der Waals surface area (Å²) in [4.78, 5) is 2.27. The molecule has 0 saturated heterocycles. The van der Waals surface area contributed by atoms with E-state index in [4.69, 9.17) is 21.1 Å². The zero-order valence-corrected chi connectivity index (χ0v) is 14.0. The van der Waals surface area contributed by atoms with Crippen LogP contribution in [-0.2, 0) is 0 Å². The quantitative estimate of drug-likeness (QED) is 0.700. The maximum atomic E-state index is 6.64. The zero-order valence-electron chi connectivity index (χ0n) is 10.9. The van der Waals surface area contributed by atoms with E-state index in [1.807, 2.05) is 18.2 Å². The minimum absolute atomic E-state index is 0.306. The summed E-state index contributed by atoms with van der Waals surface area (Å²) in [5, 5.41) is -0.306. The lowest BCUT2D eigenvalue weighted by Gasteiger charge is -2.17. The number of rotatable bonds is 4. The molecule has 2 aromatic rings. The van der Waals surface area contributed by atoms with Crippen LogP contribution in [-0.4, -0.2) is 14.2 Å². The Morgan fingerprint density at radius 2 is 1.79 bits per heavy atom. The Balaban J connectivity index is 2.54. The van der Waals surface area contributed by atoms with Gasteiger partial charge in [-0.1, -0.05) is 6.07 Å². The van der Waals surface area contributed by atoms with Gasteiger partial charge in [-0.25, -0.2) is 0 Å². The molecule has 1 unspecified atom stereocenters. The van der Waals surface area contributed by atoms with Crippen molar-refractivity contribution in [3.63, 3.8) is 0 Å². The number of benzene rings is 1. The first-order chi connectivity index (χ1) is 9.08. The standard InChI is InChI=1S/C14H14BrClO2S/c1-8-7-9(15)14(19-8)13(16)12-10(17-2)5-4-6-11(12)18-3/h4-7,13H,1-3H3. The van der Waals surface area contributed by atoms with Crippen LogP contribution in [0.5, 0.6) is 11.5 Å². The van der Waals surface area contributed by atoms with Gasteiger partial charge in [0.25, 0.3) is 0 Å². The minimum atomic E-state index is -0.306. The Hall–Kier alpha value is -0.710. The van der Waals surface area contributed by atoms with Gasteiger partial charge in [0.05, 0.1) is 19.8 Å². The van der Waals surface area contributed by atoms with Gasteiger partial charge >= 0.3 is 0 Å². The van der Waals surface area contributed by atoms with E-state index in [0.29, 0.717) is 0 Å². The molecule has 1 atom stereocenters. The van der Waals surface area contributed by atoms with Gasteiger partial charge in [-0.2, -0.15) is 0 Å². The van der Waals surface area contributed by atoms with Crippen LogP contribution in [0.15, 0.2) is 28.7 Å². The van der Waals surface area contributed by atoms with Crippen molar-refractivity contribution in [1.29, 1.82) is 0 Å². The van der Waals surface area contributed by atoms with E-state index in [1.54, 1.807) is 25.6 Å². The fourth-order valence-electron chi connectivity index (χ4n) is 1.93. The van der Waals surface area contributed by atoms with Crippen molar-refractivity contribution in [2.45, 2.75) is 12.3 Å². The van der Waals surface area contributed by atoms with Crippen LogP contribution in [0.4, 0.5) is 0 Å². The first-order valence-electron chi connectivity index (χ1n) is 5.69. The topological polar surface area (TPSA) is 18.5 Å². The third kappa shape index (κ3) is 2.91. The number of methoxy groups -OCH3 is 2. The van der Waals surface area contributed by atoms with Crippen molar-refractivity contribution in [2.75, 3.05) is 14.2 Å². The molecule has 19 heavy (non-hydrogen) atoms. The van der Waals surface area contributed by atoms with Gasteiger partial charge in [0.2, 0.25) is 0 Å². The van der Waals surface area contributed by atoms with Crippen LogP contribution >= 0.6 is 38.9 Å². The average Bonchev–Trinajstić information content (AvgIpc) is 2.75. The van der Waals surface area contributed by atoms with Gasteiger partial charge in [0.15, 0.2) is 0 Å². The molecule has 0 spiro atoms. The lowest BCUT2D eigenvalue weighted by molar-refractivity contribution is 0.386. The highest BCUT2D eigenvalue weighted by Gasteiger charge is 2.24. The molecule has 2 rings (SSSR count). The van der Waals surface area contributed by atoms with Crippen molar-refractivity contribution < 1.29 is 9.47 Å². The van der Waals surface area contributed by atoms with Gasteiger partial charge in [0.1, 0.15) is 16.9 Å². The molecule has 0 aliphatic rings. The van der Waals surface area contributed by atoms with E-state index in [-0.39, 0.29) is 5.38 Å². The first-order valence-corrected chi connectivity index (χ1v) is 7.73. The van der Waals surface area contributed by atoms with Crippen molar-refractivity contribution in [3.05, 3.63) is 44.1 Å². The molecule has 0 aliphatic heterocycles. The number of thiophene rings is 1. The molecule has 0 N–H and O–H groups in total. The predicted molar refractivity (Wildman–Crippen MR) is 84.0 cm³/mol. The minimum Gasteiger partial charge on any atom is -0.496 e. The van der Waals surface area contributed by atoms with Crippen molar-refractivity contribution in [1.82, 2.24) is 0 Å². The van der Waals surface area contributed by atoms with E-state index in [9.17, 15) is 0 Å². The van der Waals surface area contributed by atoms with Crippen LogP contribution < -0.4 is 9.47 Å². The zero-order chi connectivity index (χ0) is 14.0. The molecular weight excluding hydrogens is 348 g/mol. The number of ether oxygens (including phenoxy) is 2. The number of alkyl halides is 1. The van der Waals surface area contributed by atoms with Crippen LogP contribution in [0, 0.1) is 6.92 Å². The highest BCUT2D eigenvalue weighted by Crippen LogP contribution is 2.45. The summed E-state index contributed by atoms with van der Waals surface area (Å²) in [6.07, 6.45) is 0. The molecular formula is C14H14BrClO2S. The fraction of sp³-hybridized carbons (Fsp3) is 0.286. The normalized spacial score (nSPS) is 12.3. The van der Waals surface area contributed by atoms with E-state index in [1.165, 1.54) is 4.88 Å². The van der Waals surface area contributed by atoms with Gasteiger partial charge in [0, 0.05) is 14.2 Å². The summed E-state index contributed by atoms with van der Waals surface area (Å²) in [7, 11) is 3.27. The maximum Gasteiger partial charge on any atom is 0.127 e. The second-order valence-electron chi connectivity index (χ2n) is 4.01. The monoisotopic (exact) mass is 360 g/mol. The first kappa shape index (κ1) is 14.7. The molecule has 102 valence electrons. The Morgan fingerprint density at radius 1 is 1.21 bits per heavy atom. The summed E-state index contributed by atoms with van der Waals surface area (Å²) in [6, 6.07) is 7.74. The van der Waals surface area contributed by atoms with Gasteiger partial charge in [-0.3, -0.25) is 0 Å². The lowest BCUT2D eigenvalue weighted by atomic mass is 10.1. The molecule has 0 aliphatic carbocycles. The molecule has 1 aromatic heterocycles. The fourth-order valence-corrected chi connectivity index (χ4v) is 4.40. The Morgan fingerprint density at radius 3 is 2.21 bits per heavy atom. The van der Waals surface area contributed by atoms with Crippen LogP contribution in [0.1, 0.15) is 20.7 Å². The molecule has 5 heteroatoms. The molecule has 1 aromatic carbocycles. The second kappa shape index (κ2) is 6.16. The number of hydrogen-bond donors (Lipinski definition) is 0. The van der Waals surface area contributed by atoms with Gasteiger partial charge < -0.3 is 9.47 Å². The summed E-state index contributed by atoms with van der Waals surface area (Å²) >= 11 is 11.9. The molecule has 2 nitrogen and oxygen atoms in total. The van der Waals surface area contributed by atoms with E-state index >= 15 is 0 Å². The molecule has 0 amide bonds. The van der Waals surface area contributed by atoms with Gasteiger partial charge in [-0.15, -0.1) is 22.9 Å². The molecule has 0 bridgehead atoms. The number of halogens is 2. The largest absolute Gasteiger partial charge is 0.496 e. The Bertz CT molecular complexity index is 561. The summed E-state index contributed by atoms with van der Waals surface area (Å²) < 4.78 is 11.8. The third-order valence-electron chi connectivity index (χ3n) is 2.79. The average molecular weight is 362 g/mol. The van der Waals surface area contributed by atoms with Crippen molar-refractivity contribution in [3.8, 4) is 11.5 Å². The third-order valence-corrected chi connectivity index (χ3v) is 5.39. The highest BCUT2D eigenvalue weighted by molar-refractivity contribution is 9.10. The van der Waals surface area contributed by atoms with Crippen molar-refractivity contribution in [2.24, 2.45) is 0 Å². The van der Waals surface area contributed by atoms with Gasteiger partial charge in [-0.05, 0) is 41.1 Å². The second-order valence-corrected chi connectivity index (χ2v) is 6.59. The van der Waals surface area contributed by atoms with Crippen LogP contribution in [0.3, 0.4) is 0 Å². The summed E-state index contributed by atoms with van der Waals surface area (Å²) in [5.74, 6) is 1.47. The molecule has 0 radical (unpaired) electrons. The summed E-state index contributed by atoms with van der Waals surface area (Å²) in [6.45, 7) is 2.06. The number of hydrogen-bond acceptors (Lipinski definition) is 3. The predicted octanol–water partition coefficient (Wildman–Crippen LogP) is 5.16. The molecule has 1 heterocycles. The highest BCUT2D eigenvalue weighted by atomic mass is 79.9. The summed E-state index contributed by atoms with van der Waals surface area (Å²) in [5.41, 5.74) is 0.858. The lowest BCUT2D eigenvalue weighted by Crippen LogP contribution is -2.00. The Labute approximate surface area is 130 Å². The van der Waals surface area contributed by atoms with E-state index < -0.39 is 0 Å². The maximum absolute atomic E-state index is 6.64.